The van der Waals surface area contributed by atoms with Gasteiger partial charge in [-0.15, -0.1) is 11.8 Å². The predicted molar refractivity (Wildman–Crippen MR) is 197 cm³/mol. The summed E-state index contributed by atoms with van der Waals surface area (Å²) in [5.74, 6) is -0.0404. The maximum absolute atomic E-state index is 14.5. The lowest BCUT2D eigenvalue weighted by Gasteiger charge is -2.37. The molecule has 1 N–H and O–H groups in total. The number of anilines is 1. The van der Waals surface area contributed by atoms with Crippen molar-refractivity contribution in [3.63, 3.8) is 0 Å². The minimum absolute atomic E-state index is 0.0109. The Balaban J connectivity index is 1.60. The van der Waals surface area contributed by atoms with Crippen molar-refractivity contribution in [3.05, 3.63) is 81.4 Å². The van der Waals surface area contributed by atoms with Crippen molar-refractivity contribution in [1.29, 1.82) is 5.26 Å². The van der Waals surface area contributed by atoms with Crippen LogP contribution in [0.4, 0.5) is 10.6 Å². The molecule has 4 rings (SSSR count). The molecule has 14 nitrogen and oxygen atoms in total. The summed E-state index contributed by atoms with van der Waals surface area (Å²) in [5.41, 5.74) is 2.38. The average molecular weight is 756 g/mol. The fraction of sp³-hybridized carbons (Fsp3) is 0.472. The molecule has 1 unspecified atom stereocenters. The second-order valence-corrected chi connectivity index (χ2v) is 15.5. The molecule has 1 aliphatic rings. The lowest BCUT2D eigenvalue weighted by atomic mass is 9.99. The molecular weight excluding hydrogens is 709 g/mol. The summed E-state index contributed by atoms with van der Waals surface area (Å²) in [6.45, 7) is 12.5. The predicted octanol–water partition coefficient (Wildman–Crippen LogP) is 7.19. The van der Waals surface area contributed by atoms with Gasteiger partial charge in [-0.25, -0.2) is 18.8 Å². The van der Waals surface area contributed by atoms with Gasteiger partial charge in [0.1, 0.15) is 36.6 Å². The second kappa shape index (κ2) is 18.1. The number of benzene rings is 2. The van der Waals surface area contributed by atoms with E-state index in [2.05, 4.69) is 10.3 Å². The lowest BCUT2D eigenvalue weighted by Crippen LogP contribution is -2.38. The summed E-state index contributed by atoms with van der Waals surface area (Å²) in [6.07, 6.45) is -0.783. The van der Waals surface area contributed by atoms with E-state index in [9.17, 15) is 18.9 Å². The fourth-order valence-electron chi connectivity index (χ4n) is 6.21. The minimum atomic E-state index is -4.09. The number of nitriles is 1. The van der Waals surface area contributed by atoms with Crippen molar-refractivity contribution in [2.45, 2.75) is 96.7 Å². The van der Waals surface area contributed by atoms with Gasteiger partial charge in [0.2, 0.25) is 0 Å². The molecule has 0 radical (unpaired) electrons. The number of para-hydroxylation sites is 1. The third-order valence-corrected chi connectivity index (χ3v) is 11.5. The Labute approximate surface area is 308 Å². The number of amides is 1. The molecule has 16 heteroatoms. The number of thioether (sulfide) groups is 1. The quantitative estimate of drug-likeness (QED) is 0.0544. The Morgan fingerprint density at radius 1 is 1.13 bits per heavy atom. The molecule has 1 fully saturated rings. The first-order valence-electron chi connectivity index (χ1n) is 16.9. The maximum Gasteiger partial charge on any atom is 0.513 e. The van der Waals surface area contributed by atoms with Gasteiger partial charge < -0.3 is 19.5 Å². The van der Waals surface area contributed by atoms with E-state index in [0.29, 0.717) is 11.3 Å². The van der Waals surface area contributed by atoms with Crippen molar-refractivity contribution >= 4 is 37.4 Å². The van der Waals surface area contributed by atoms with Crippen molar-refractivity contribution in [2.75, 3.05) is 24.8 Å². The van der Waals surface area contributed by atoms with Crippen LogP contribution in [0.5, 0.6) is 5.75 Å². The van der Waals surface area contributed by atoms with Gasteiger partial charge in [0.05, 0.1) is 24.0 Å². The Morgan fingerprint density at radius 3 is 2.42 bits per heavy atom. The van der Waals surface area contributed by atoms with Crippen LogP contribution in [0.15, 0.2) is 58.4 Å². The first kappa shape index (κ1) is 40.7. The number of carbonyl (C=O) groups is 2. The number of aryl methyl sites for hydroxylation is 3. The highest BCUT2D eigenvalue weighted by atomic mass is 32.2. The number of carbonyl (C=O) groups excluding carboxylic acids is 2. The number of hydrogen-bond donors (Lipinski definition) is 1. The van der Waals surface area contributed by atoms with Gasteiger partial charge in [0, 0.05) is 30.3 Å². The Hall–Kier alpha value is -4.03. The van der Waals surface area contributed by atoms with Gasteiger partial charge in [0.15, 0.2) is 0 Å². The highest BCUT2D eigenvalue weighted by Crippen LogP contribution is 2.57. The van der Waals surface area contributed by atoms with Crippen LogP contribution in [0.1, 0.15) is 73.8 Å². The molecule has 52 heavy (non-hydrogen) atoms. The van der Waals surface area contributed by atoms with Crippen LogP contribution < -0.4 is 15.7 Å². The zero-order chi connectivity index (χ0) is 38.2. The number of ether oxygens (including phenoxy) is 3. The van der Waals surface area contributed by atoms with E-state index in [1.165, 1.54) is 28.6 Å². The van der Waals surface area contributed by atoms with Gasteiger partial charge in [0.25, 0.3) is 5.91 Å². The average Bonchev–Trinajstić information content (AvgIpc) is 3.44. The third-order valence-electron chi connectivity index (χ3n) is 8.17. The molecule has 2 heterocycles. The summed E-state index contributed by atoms with van der Waals surface area (Å²) in [6, 6.07) is 13.7. The Morgan fingerprint density at radius 2 is 1.81 bits per heavy atom. The molecule has 1 aliphatic heterocycles. The molecule has 0 saturated carbocycles. The van der Waals surface area contributed by atoms with Crippen LogP contribution >= 0.6 is 19.5 Å². The number of hydrogen-bond acceptors (Lipinski definition) is 12. The maximum atomic E-state index is 14.5. The SMILES string of the molecule is CSc1ccccc1OC(=O)OC[C@H]1O[C@@H](n2ccc(NC(=O)c3c(C)cc(C)cc3C)nc2=O)C[C@@H]1OP(=O)(OCCC#N)N(C(C)C)C(C)C. The molecule has 4 atom stereocenters. The van der Waals surface area contributed by atoms with E-state index in [1.807, 2.05) is 79.0 Å². The zero-order valence-corrected chi connectivity index (χ0v) is 32.4. The number of nitrogens with one attached hydrogen (secondary N) is 1. The van der Waals surface area contributed by atoms with Crippen molar-refractivity contribution in [2.24, 2.45) is 0 Å². The first-order valence-corrected chi connectivity index (χ1v) is 19.6. The van der Waals surface area contributed by atoms with Crippen LogP contribution in [0.2, 0.25) is 0 Å². The molecular formula is C36H46N5O9PS. The number of aromatic nitrogens is 2. The molecule has 1 saturated heterocycles. The Bertz CT molecular complexity index is 1870. The summed E-state index contributed by atoms with van der Waals surface area (Å²) in [4.78, 5) is 44.1. The normalized spacial score (nSPS) is 18.3. The van der Waals surface area contributed by atoms with E-state index >= 15 is 0 Å². The first-order chi connectivity index (χ1) is 24.7. The van der Waals surface area contributed by atoms with Crippen LogP contribution in [0.25, 0.3) is 0 Å². The number of rotatable bonds is 15. The van der Waals surface area contributed by atoms with Gasteiger partial charge in [-0.2, -0.15) is 10.2 Å². The largest absolute Gasteiger partial charge is 0.513 e. The second-order valence-electron chi connectivity index (χ2n) is 12.8. The van der Waals surface area contributed by atoms with Crippen LogP contribution in [0, 0.1) is 32.1 Å². The molecule has 1 amide bonds. The van der Waals surface area contributed by atoms with E-state index in [0.717, 1.165) is 21.6 Å². The monoisotopic (exact) mass is 755 g/mol. The molecule has 1 aromatic heterocycles. The Kier molecular flexibility index (Phi) is 14.2. The van der Waals surface area contributed by atoms with Crippen molar-refractivity contribution in [3.8, 4) is 11.8 Å². The summed E-state index contributed by atoms with van der Waals surface area (Å²) in [7, 11) is -4.09. The zero-order valence-electron chi connectivity index (χ0n) is 30.7. The molecule has 0 spiro atoms. The lowest BCUT2D eigenvalue weighted by molar-refractivity contribution is -0.0538. The smallest absolute Gasteiger partial charge is 0.431 e. The van der Waals surface area contributed by atoms with Crippen molar-refractivity contribution < 1.29 is 37.4 Å². The highest BCUT2D eigenvalue weighted by molar-refractivity contribution is 7.98. The molecule has 0 aliphatic carbocycles. The molecule has 280 valence electrons. The molecule has 0 bridgehead atoms. The fourth-order valence-corrected chi connectivity index (χ4v) is 9.06. The van der Waals surface area contributed by atoms with E-state index in [4.69, 9.17) is 28.5 Å². The van der Waals surface area contributed by atoms with Gasteiger partial charge in [-0.05, 0) is 84.0 Å². The van der Waals surface area contributed by atoms with Gasteiger partial charge >= 0.3 is 19.6 Å². The third kappa shape index (κ3) is 10.1. The summed E-state index contributed by atoms with van der Waals surface area (Å²) in [5, 5.41) is 11.8. The minimum Gasteiger partial charge on any atom is -0.431 e. The highest BCUT2D eigenvalue weighted by Gasteiger charge is 2.47. The van der Waals surface area contributed by atoms with Crippen LogP contribution in [0.3, 0.4) is 0 Å². The molecule has 3 aromatic rings. The standard InChI is InChI=1S/C36H46N5O9PS/c1-22(2)41(23(3)4)51(45,47-17-11-15-37)50-28-20-32(48-29(28)21-46-36(44)49-27-12-9-10-13-30(27)52-8)40-16-14-31(39-35(40)43)38-34(42)33-25(6)18-24(5)19-26(33)7/h9-10,12-14,16,18-19,22-23,28-29,32H,11,17,20-21H2,1-8H3,(H,38,39,42,43)/t28-,29+,32+,51?/m0/s1. The van der Waals surface area contributed by atoms with E-state index in [1.54, 1.807) is 22.9 Å². The van der Waals surface area contributed by atoms with Crippen LogP contribution in [-0.2, 0) is 23.1 Å². The summed E-state index contributed by atoms with van der Waals surface area (Å²) < 4.78 is 46.5. The summed E-state index contributed by atoms with van der Waals surface area (Å²) >= 11 is 1.40. The van der Waals surface area contributed by atoms with Gasteiger partial charge in [-0.1, -0.05) is 29.8 Å². The van der Waals surface area contributed by atoms with E-state index in [-0.39, 0.29) is 44.0 Å². The van der Waals surface area contributed by atoms with E-state index < -0.39 is 43.9 Å². The van der Waals surface area contributed by atoms with Crippen LogP contribution in [-0.4, -0.2) is 70.0 Å². The van der Waals surface area contributed by atoms with Crippen molar-refractivity contribution in [1.82, 2.24) is 14.2 Å². The van der Waals surface area contributed by atoms with Gasteiger partial charge in [-0.3, -0.25) is 18.4 Å². The topological polar surface area (TPSA) is 171 Å². The number of nitrogens with zero attached hydrogens (tertiary/aromatic N) is 4. The molecule has 2 aromatic carbocycles.